The number of aromatic nitrogens is 1. The van der Waals surface area contributed by atoms with E-state index in [-0.39, 0.29) is 5.91 Å². The van der Waals surface area contributed by atoms with E-state index in [1.807, 2.05) is 6.07 Å². The van der Waals surface area contributed by atoms with Crippen LogP contribution in [0.15, 0.2) is 29.3 Å². The van der Waals surface area contributed by atoms with Gasteiger partial charge in [0.15, 0.2) is 0 Å². The lowest BCUT2D eigenvalue weighted by Gasteiger charge is -2.08. The molecule has 128 valence electrons. The predicted molar refractivity (Wildman–Crippen MR) is 101 cm³/mol. The number of aryl methyl sites for hydroxylation is 2. The number of fused-ring (bicyclic) bond motifs is 1. The van der Waals surface area contributed by atoms with Crippen molar-refractivity contribution in [2.75, 3.05) is 11.1 Å². The van der Waals surface area contributed by atoms with Crippen molar-refractivity contribution in [2.45, 2.75) is 30.7 Å². The predicted octanol–water partition coefficient (Wildman–Crippen LogP) is 4.87. The van der Waals surface area contributed by atoms with Crippen molar-refractivity contribution in [1.82, 2.24) is 4.98 Å². The van der Waals surface area contributed by atoms with E-state index in [4.69, 9.17) is 23.2 Å². The van der Waals surface area contributed by atoms with Crippen LogP contribution in [0.5, 0.6) is 0 Å². The highest BCUT2D eigenvalue weighted by atomic mass is 35.5. The lowest BCUT2D eigenvalue weighted by Crippen LogP contribution is -2.12. The van der Waals surface area contributed by atoms with Crippen molar-refractivity contribution >= 4 is 46.6 Å². The molecule has 2 aromatic rings. The average Bonchev–Trinajstić information content (AvgIpc) is 3.04. The number of nitrogens with zero attached hydrogens (tertiary/aromatic N) is 2. The minimum atomic E-state index is -0.142. The third-order valence-electron chi connectivity index (χ3n) is 3.91. The number of nitriles is 1. The van der Waals surface area contributed by atoms with Crippen LogP contribution in [0.1, 0.15) is 29.7 Å². The SMILES string of the molecule is N#Cc1cc2c(nc1SCCC(=O)Nc1ccc(Cl)cc1Cl)CCC2. The highest BCUT2D eigenvalue weighted by molar-refractivity contribution is 7.99. The Morgan fingerprint density at radius 3 is 2.92 bits per heavy atom. The fraction of sp³-hybridized carbons (Fsp3) is 0.278. The molecule has 0 fully saturated rings. The molecule has 1 aromatic heterocycles. The molecule has 1 aliphatic rings. The highest BCUT2D eigenvalue weighted by Gasteiger charge is 2.17. The molecule has 1 amide bonds. The first-order valence-electron chi connectivity index (χ1n) is 7.87. The summed E-state index contributed by atoms with van der Waals surface area (Å²) in [6, 6.07) is 9.07. The molecule has 1 N–H and O–H groups in total. The molecule has 1 heterocycles. The van der Waals surface area contributed by atoms with Gasteiger partial charge < -0.3 is 5.32 Å². The normalized spacial score (nSPS) is 12.5. The van der Waals surface area contributed by atoms with Crippen molar-refractivity contribution in [2.24, 2.45) is 0 Å². The van der Waals surface area contributed by atoms with Crippen LogP contribution in [0.25, 0.3) is 0 Å². The Labute approximate surface area is 160 Å². The van der Waals surface area contributed by atoms with E-state index in [1.165, 1.54) is 17.3 Å². The molecular formula is C18H15Cl2N3OS. The molecule has 0 atom stereocenters. The molecule has 0 spiro atoms. The quantitative estimate of drug-likeness (QED) is 0.738. The van der Waals surface area contributed by atoms with Gasteiger partial charge in [-0.15, -0.1) is 11.8 Å². The maximum atomic E-state index is 12.1. The van der Waals surface area contributed by atoms with E-state index in [9.17, 15) is 10.1 Å². The van der Waals surface area contributed by atoms with E-state index in [0.29, 0.717) is 38.5 Å². The van der Waals surface area contributed by atoms with Crippen molar-refractivity contribution < 1.29 is 4.79 Å². The van der Waals surface area contributed by atoms with Gasteiger partial charge in [-0.05, 0) is 49.1 Å². The van der Waals surface area contributed by atoms with Crippen molar-refractivity contribution in [3.63, 3.8) is 0 Å². The van der Waals surface area contributed by atoms with Gasteiger partial charge in [-0.25, -0.2) is 4.98 Å². The first kappa shape index (κ1) is 18.1. The smallest absolute Gasteiger partial charge is 0.225 e. The standard InChI is InChI=1S/C18H15Cl2N3OS/c19-13-4-5-16(14(20)9-13)22-17(24)6-7-25-18-12(10-21)8-11-2-1-3-15(11)23-18/h4-5,8-9H,1-3,6-7H2,(H,22,24). The Morgan fingerprint density at radius 2 is 2.16 bits per heavy atom. The number of thioether (sulfide) groups is 1. The average molecular weight is 392 g/mol. The van der Waals surface area contributed by atoms with Gasteiger partial charge >= 0.3 is 0 Å². The first-order valence-corrected chi connectivity index (χ1v) is 9.61. The Balaban J connectivity index is 1.58. The zero-order chi connectivity index (χ0) is 17.8. The number of anilines is 1. The number of pyridine rings is 1. The maximum absolute atomic E-state index is 12.1. The zero-order valence-electron chi connectivity index (χ0n) is 13.3. The summed E-state index contributed by atoms with van der Waals surface area (Å²) in [5.74, 6) is 0.397. The van der Waals surface area contributed by atoms with E-state index >= 15 is 0 Å². The summed E-state index contributed by atoms with van der Waals surface area (Å²) in [5.41, 5.74) is 3.39. The molecule has 4 nitrogen and oxygen atoms in total. The van der Waals surface area contributed by atoms with Gasteiger partial charge in [0.05, 0.1) is 16.3 Å². The molecule has 1 aliphatic carbocycles. The Hall–Kier alpha value is -1.74. The van der Waals surface area contributed by atoms with E-state index in [2.05, 4.69) is 16.4 Å². The van der Waals surface area contributed by atoms with E-state index in [1.54, 1.807) is 18.2 Å². The van der Waals surface area contributed by atoms with Crippen molar-refractivity contribution in [3.8, 4) is 6.07 Å². The number of benzene rings is 1. The fourth-order valence-electron chi connectivity index (χ4n) is 2.69. The Bertz CT molecular complexity index is 864. The van der Waals surface area contributed by atoms with Crippen molar-refractivity contribution in [1.29, 1.82) is 5.26 Å². The van der Waals surface area contributed by atoms with E-state index in [0.717, 1.165) is 25.0 Å². The largest absolute Gasteiger partial charge is 0.325 e. The second-order valence-electron chi connectivity index (χ2n) is 5.68. The van der Waals surface area contributed by atoms with Gasteiger partial charge in [-0.2, -0.15) is 5.26 Å². The van der Waals surface area contributed by atoms with E-state index < -0.39 is 0 Å². The molecule has 3 rings (SSSR count). The molecular weight excluding hydrogens is 377 g/mol. The van der Waals surface area contributed by atoms with Crippen LogP contribution in [0.4, 0.5) is 5.69 Å². The topological polar surface area (TPSA) is 65.8 Å². The van der Waals surface area contributed by atoms with Gasteiger partial charge in [0.25, 0.3) is 0 Å². The lowest BCUT2D eigenvalue weighted by atomic mass is 10.2. The molecule has 0 saturated carbocycles. The van der Waals surface area contributed by atoms with Crippen LogP contribution in [0.2, 0.25) is 10.0 Å². The number of hydrogen-bond acceptors (Lipinski definition) is 4. The monoisotopic (exact) mass is 391 g/mol. The van der Waals surface area contributed by atoms with Crippen LogP contribution in [-0.4, -0.2) is 16.6 Å². The maximum Gasteiger partial charge on any atom is 0.225 e. The first-order chi connectivity index (χ1) is 12.1. The Morgan fingerprint density at radius 1 is 1.32 bits per heavy atom. The van der Waals surface area contributed by atoms with Gasteiger partial charge in [0.2, 0.25) is 5.91 Å². The second kappa shape index (κ2) is 8.09. The van der Waals surface area contributed by atoms with Crippen LogP contribution in [0.3, 0.4) is 0 Å². The third kappa shape index (κ3) is 4.46. The number of hydrogen-bond donors (Lipinski definition) is 1. The van der Waals surface area contributed by atoms with Gasteiger partial charge in [0, 0.05) is 22.9 Å². The minimum Gasteiger partial charge on any atom is -0.325 e. The zero-order valence-corrected chi connectivity index (χ0v) is 15.6. The van der Waals surface area contributed by atoms with Gasteiger partial charge in [0.1, 0.15) is 11.1 Å². The molecule has 0 aliphatic heterocycles. The van der Waals surface area contributed by atoms with Crippen LogP contribution < -0.4 is 5.32 Å². The molecule has 25 heavy (non-hydrogen) atoms. The molecule has 0 bridgehead atoms. The summed E-state index contributed by atoms with van der Waals surface area (Å²) >= 11 is 13.3. The molecule has 1 aromatic carbocycles. The number of halogens is 2. The summed E-state index contributed by atoms with van der Waals surface area (Å²) in [5, 5.41) is 13.7. The third-order valence-corrected chi connectivity index (χ3v) is 5.45. The lowest BCUT2D eigenvalue weighted by molar-refractivity contribution is -0.115. The Kier molecular flexibility index (Phi) is 5.85. The van der Waals surface area contributed by atoms with Crippen LogP contribution in [-0.2, 0) is 17.6 Å². The summed E-state index contributed by atoms with van der Waals surface area (Å²) in [6.45, 7) is 0. The molecule has 0 saturated heterocycles. The number of carbonyl (C=O) groups is 1. The fourth-order valence-corrected chi connectivity index (χ4v) is 4.06. The molecule has 0 unspecified atom stereocenters. The van der Waals surface area contributed by atoms with Crippen molar-refractivity contribution in [3.05, 3.63) is 51.1 Å². The van der Waals surface area contributed by atoms with Crippen LogP contribution in [0, 0.1) is 11.3 Å². The molecule has 0 radical (unpaired) electrons. The summed E-state index contributed by atoms with van der Waals surface area (Å²) in [6.07, 6.45) is 3.34. The minimum absolute atomic E-state index is 0.142. The van der Waals surface area contributed by atoms with Gasteiger partial charge in [-0.1, -0.05) is 23.2 Å². The second-order valence-corrected chi connectivity index (χ2v) is 7.61. The van der Waals surface area contributed by atoms with Gasteiger partial charge in [-0.3, -0.25) is 4.79 Å². The van der Waals surface area contributed by atoms with Crippen LogP contribution >= 0.6 is 35.0 Å². The molecule has 7 heteroatoms. The highest BCUT2D eigenvalue weighted by Crippen LogP contribution is 2.29. The summed E-state index contributed by atoms with van der Waals surface area (Å²) in [7, 11) is 0. The number of nitrogens with one attached hydrogen (secondary N) is 1. The summed E-state index contributed by atoms with van der Waals surface area (Å²) < 4.78 is 0. The number of rotatable bonds is 5. The number of carbonyl (C=O) groups excluding carboxylic acids is 1. The summed E-state index contributed by atoms with van der Waals surface area (Å²) in [4.78, 5) is 16.7. The number of amides is 1.